The van der Waals surface area contributed by atoms with E-state index in [1.807, 2.05) is 0 Å². The molecule has 7 nitrogen and oxygen atoms in total. The first-order chi connectivity index (χ1) is 13.9. The summed E-state index contributed by atoms with van der Waals surface area (Å²) in [5.74, 6) is -1.35. The Bertz CT molecular complexity index is 982. The lowest BCUT2D eigenvalue weighted by molar-refractivity contribution is -0.125. The summed E-state index contributed by atoms with van der Waals surface area (Å²) < 4.78 is 20.7. The van der Waals surface area contributed by atoms with Crippen LogP contribution in [0.4, 0.5) is 15.8 Å². The molecule has 1 N–H and O–H groups in total. The number of rotatable bonds is 4. The minimum atomic E-state index is -0.593. The SMILES string of the molecule is O=C(N[C@@H]1CC(=O)N(c2ccc(N3CCOCC3=O)cc2F)C1)c1ccc(Br)s1. The van der Waals surface area contributed by atoms with Gasteiger partial charge < -0.3 is 19.9 Å². The van der Waals surface area contributed by atoms with Gasteiger partial charge in [-0.1, -0.05) is 0 Å². The van der Waals surface area contributed by atoms with Gasteiger partial charge in [-0.3, -0.25) is 14.4 Å². The molecule has 1 atom stereocenters. The number of halogens is 2. The zero-order valence-corrected chi connectivity index (χ0v) is 17.6. The number of carbonyl (C=O) groups is 3. The molecule has 2 aliphatic rings. The van der Waals surface area contributed by atoms with Crippen molar-refractivity contribution in [2.24, 2.45) is 0 Å². The molecule has 2 saturated heterocycles. The first-order valence-electron chi connectivity index (χ1n) is 8.96. The van der Waals surface area contributed by atoms with Crippen LogP contribution in [0.5, 0.6) is 0 Å². The highest BCUT2D eigenvalue weighted by molar-refractivity contribution is 9.11. The molecule has 0 saturated carbocycles. The highest BCUT2D eigenvalue weighted by Crippen LogP contribution is 2.29. The van der Waals surface area contributed by atoms with Crippen LogP contribution in [0.3, 0.4) is 0 Å². The lowest BCUT2D eigenvalue weighted by Crippen LogP contribution is -2.41. The van der Waals surface area contributed by atoms with E-state index in [-0.39, 0.29) is 43.0 Å². The molecule has 3 heterocycles. The average molecular weight is 482 g/mol. The summed E-state index contributed by atoms with van der Waals surface area (Å²) in [4.78, 5) is 40.0. The van der Waals surface area contributed by atoms with Crippen LogP contribution in [0, 0.1) is 5.82 Å². The van der Waals surface area contributed by atoms with Gasteiger partial charge in [-0.2, -0.15) is 0 Å². The molecule has 0 spiro atoms. The minimum Gasteiger partial charge on any atom is -0.370 e. The Morgan fingerprint density at radius 3 is 2.72 bits per heavy atom. The fourth-order valence-corrected chi connectivity index (χ4v) is 4.69. The summed E-state index contributed by atoms with van der Waals surface area (Å²) >= 11 is 4.61. The number of ether oxygens (including phenoxy) is 1. The van der Waals surface area contributed by atoms with E-state index in [0.717, 1.165) is 3.79 Å². The number of anilines is 2. The van der Waals surface area contributed by atoms with Crippen molar-refractivity contribution < 1.29 is 23.5 Å². The second-order valence-electron chi connectivity index (χ2n) is 6.72. The summed E-state index contributed by atoms with van der Waals surface area (Å²) in [5.41, 5.74) is 0.564. The second-order valence-corrected chi connectivity index (χ2v) is 9.18. The van der Waals surface area contributed by atoms with Crippen molar-refractivity contribution in [3.63, 3.8) is 0 Å². The largest absolute Gasteiger partial charge is 0.370 e. The molecule has 0 aliphatic carbocycles. The molecule has 0 bridgehead atoms. The third-order valence-electron chi connectivity index (χ3n) is 4.78. The monoisotopic (exact) mass is 481 g/mol. The molecule has 2 aliphatic heterocycles. The maximum absolute atomic E-state index is 14.8. The van der Waals surface area contributed by atoms with Crippen LogP contribution < -0.4 is 15.1 Å². The van der Waals surface area contributed by atoms with Gasteiger partial charge in [0, 0.05) is 25.2 Å². The molecule has 2 fully saturated rings. The van der Waals surface area contributed by atoms with E-state index in [9.17, 15) is 18.8 Å². The van der Waals surface area contributed by atoms with Gasteiger partial charge in [0.2, 0.25) is 5.91 Å². The van der Waals surface area contributed by atoms with Crippen LogP contribution in [-0.2, 0) is 14.3 Å². The van der Waals surface area contributed by atoms with Crippen molar-refractivity contribution in [3.8, 4) is 0 Å². The Labute approximate surface area is 178 Å². The van der Waals surface area contributed by atoms with E-state index in [0.29, 0.717) is 23.7 Å². The Hall–Kier alpha value is -2.30. The first-order valence-corrected chi connectivity index (χ1v) is 10.6. The minimum absolute atomic E-state index is 0.0316. The first kappa shape index (κ1) is 20.0. The fraction of sp³-hybridized carbons (Fsp3) is 0.316. The summed E-state index contributed by atoms with van der Waals surface area (Å²) in [6.07, 6.45) is 0.0986. The third kappa shape index (κ3) is 4.19. The number of carbonyl (C=O) groups excluding carboxylic acids is 3. The van der Waals surface area contributed by atoms with Crippen molar-refractivity contribution in [2.75, 3.05) is 36.1 Å². The lowest BCUT2D eigenvalue weighted by Gasteiger charge is -2.27. The topological polar surface area (TPSA) is 79.0 Å². The number of morpholine rings is 1. The number of hydrogen-bond donors (Lipinski definition) is 1. The lowest BCUT2D eigenvalue weighted by atomic mass is 10.2. The van der Waals surface area contributed by atoms with Crippen molar-refractivity contribution in [1.29, 1.82) is 0 Å². The summed E-state index contributed by atoms with van der Waals surface area (Å²) in [6, 6.07) is 7.43. The molecule has 0 radical (unpaired) electrons. The smallest absolute Gasteiger partial charge is 0.261 e. The van der Waals surface area contributed by atoms with Crippen molar-refractivity contribution in [1.82, 2.24) is 5.32 Å². The van der Waals surface area contributed by atoms with E-state index in [2.05, 4.69) is 21.2 Å². The molecule has 4 rings (SSSR count). The van der Waals surface area contributed by atoms with Gasteiger partial charge >= 0.3 is 0 Å². The van der Waals surface area contributed by atoms with E-state index in [1.165, 1.54) is 33.3 Å². The van der Waals surface area contributed by atoms with E-state index in [4.69, 9.17) is 4.74 Å². The summed E-state index contributed by atoms with van der Waals surface area (Å²) in [5, 5.41) is 2.83. The van der Waals surface area contributed by atoms with E-state index < -0.39 is 11.9 Å². The van der Waals surface area contributed by atoms with Crippen LogP contribution in [0.25, 0.3) is 0 Å². The summed E-state index contributed by atoms with van der Waals surface area (Å²) in [6.45, 7) is 0.898. The van der Waals surface area contributed by atoms with Gasteiger partial charge in [0.1, 0.15) is 12.4 Å². The van der Waals surface area contributed by atoms with Gasteiger partial charge in [-0.05, 0) is 46.3 Å². The predicted molar refractivity (Wildman–Crippen MR) is 110 cm³/mol. The highest BCUT2D eigenvalue weighted by Gasteiger charge is 2.33. The predicted octanol–water partition coefficient (Wildman–Crippen LogP) is 2.55. The standard InChI is InChI=1S/C19H17BrFN3O4S/c20-16-4-3-15(29-16)19(27)22-11-7-17(25)24(9-11)14-2-1-12(8-13(14)21)23-5-6-28-10-18(23)26/h1-4,8,11H,5-7,9-10H2,(H,22,27)/t11-/m1/s1. The molecule has 29 heavy (non-hydrogen) atoms. The number of thiophene rings is 1. The zero-order chi connectivity index (χ0) is 20.5. The average Bonchev–Trinajstić information content (AvgIpc) is 3.28. The number of nitrogens with one attached hydrogen (secondary N) is 1. The van der Waals surface area contributed by atoms with Crippen LogP contribution in [0.1, 0.15) is 16.1 Å². The number of benzene rings is 1. The quantitative estimate of drug-likeness (QED) is 0.727. The Kier molecular flexibility index (Phi) is 5.66. The van der Waals surface area contributed by atoms with Crippen molar-refractivity contribution in [2.45, 2.75) is 12.5 Å². The molecule has 1 aromatic carbocycles. The molecular formula is C19H17BrFN3O4S. The number of amides is 3. The van der Waals surface area contributed by atoms with Crippen molar-refractivity contribution >= 4 is 56.4 Å². The normalized spacial score (nSPS) is 19.7. The maximum Gasteiger partial charge on any atom is 0.261 e. The van der Waals surface area contributed by atoms with Gasteiger partial charge in [0.05, 0.1) is 27.0 Å². The molecule has 0 unspecified atom stereocenters. The molecule has 152 valence electrons. The number of nitrogens with zero attached hydrogens (tertiary/aromatic N) is 2. The van der Waals surface area contributed by atoms with Crippen LogP contribution in [0.15, 0.2) is 34.1 Å². The van der Waals surface area contributed by atoms with Crippen LogP contribution in [-0.4, -0.2) is 50.1 Å². The van der Waals surface area contributed by atoms with Gasteiger partial charge in [-0.25, -0.2) is 4.39 Å². The van der Waals surface area contributed by atoms with E-state index in [1.54, 1.807) is 18.2 Å². The maximum atomic E-state index is 14.8. The fourth-order valence-electron chi connectivity index (χ4n) is 3.40. The van der Waals surface area contributed by atoms with Gasteiger partial charge in [0.25, 0.3) is 11.8 Å². The third-order valence-corrected chi connectivity index (χ3v) is 6.40. The zero-order valence-electron chi connectivity index (χ0n) is 15.2. The summed E-state index contributed by atoms with van der Waals surface area (Å²) in [7, 11) is 0. The second kappa shape index (κ2) is 8.21. The van der Waals surface area contributed by atoms with Gasteiger partial charge in [0.15, 0.2) is 0 Å². The molecule has 3 amide bonds. The van der Waals surface area contributed by atoms with Crippen LogP contribution in [0.2, 0.25) is 0 Å². The molecular weight excluding hydrogens is 465 g/mol. The molecule has 2 aromatic rings. The molecule has 10 heteroatoms. The highest BCUT2D eigenvalue weighted by atomic mass is 79.9. The molecule has 1 aromatic heterocycles. The van der Waals surface area contributed by atoms with Crippen LogP contribution >= 0.6 is 27.3 Å². The Morgan fingerprint density at radius 1 is 1.21 bits per heavy atom. The van der Waals surface area contributed by atoms with Crippen molar-refractivity contribution in [3.05, 3.63) is 44.8 Å². The Morgan fingerprint density at radius 2 is 2.03 bits per heavy atom. The van der Waals surface area contributed by atoms with E-state index >= 15 is 0 Å². The van der Waals surface area contributed by atoms with Gasteiger partial charge in [-0.15, -0.1) is 11.3 Å². The number of hydrogen-bond acceptors (Lipinski definition) is 5. The Balaban J connectivity index is 1.46.